The van der Waals surface area contributed by atoms with E-state index in [1.165, 1.54) is 12.1 Å². The van der Waals surface area contributed by atoms with Crippen LogP contribution in [-0.4, -0.2) is 37.8 Å². The molecule has 0 aliphatic heterocycles. The number of halogens is 1. The van der Waals surface area contributed by atoms with Crippen LogP contribution < -0.4 is 10.6 Å². The molecule has 1 aromatic carbocycles. The predicted octanol–water partition coefficient (Wildman–Crippen LogP) is 0.945. The van der Waals surface area contributed by atoms with Crippen molar-refractivity contribution in [2.45, 2.75) is 13.0 Å². The summed E-state index contributed by atoms with van der Waals surface area (Å²) in [7, 11) is 1.56. The highest BCUT2D eigenvalue weighted by Crippen LogP contribution is 2.20. The van der Waals surface area contributed by atoms with E-state index in [0.29, 0.717) is 18.7 Å². The molecule has 1 amide bonds. The molecule has 0 radical (unpaired) electrons. The van der Waals surface area contributed by atoms with E-state index in [2.05, 4.69) is 10.6 Å². The lowest BCUT2D eigenvalue weighted by Crippen LogP contribution is -2.36. The standard InChI is InChI=1S/C13H19FN2O3/c1-9(11-4-3-10(17)7-12(11)14)16-8-13(18)15-5-6-19-2/h3-4,7,9,16-17H,5-6,8H2,1-2H3,(H,15,18). The molecule has 1 unspecified atom stereocenters. The smallest absolute Gasteiger partial charge is 0.234 e. The van der Waals surface area contributed by atoms with E-state index >= 15 is 0 Å². The first-order valence-electron chi connectivity index (χ1n) is 6.02. The number of phenolic OH excluding ortho intramolecular Hbond substituents is 1. The summed E-state index contributed by atoms with van der Waals surface area (Å²) in [5.74, 6) is -0.798. The van der Waals surface area contributed by atoms with Gasteiger partial charge in [-0.3, -0.25) is 4.79 Å². The molecule has 0 aliphatic rings. The molecule has 0 spiro atoms. The molecular formula is C13H19FN2O3. The van der Waals surface area contributed by atoms with E-state index in [4.69, 9.17) is 9.84 Å². The van der Waals surface area contributed by atoms with E-state index in [0.717, 1.165) is 6.07 Å². The lowest BCUT2D eigenvalue weighted by Gasteiger charge is -2.15. The summed E-state index contributed by atoms with van der Waals surface area (Å²) < 4.78 is 18.4. The lowest BCUT2D eigenvalue weighted by molar-refractivity contribution is -0.120. The first-order chi connectivity index (χ1) is 9.04. The van der Waals surface area contributed by atoms with Crippen LogP contribution in [0.15, 0.2) is 18.2 Å². The summed E-state index contributed by atoms with van der Waals surface area (Å²) >= 11 is 0. The fourth-order valence-corrected chi connectivity index (χ4v) is 1.58. The quantitative estimate of drug-likeness (QED) is 0.645. The van der Waals surface area contributed by atoms with Crippen LogP contribution in [0, 0.1) is 5.82 Å². The van der Waals surface area contributed by atoms with Gasteiger partial charge in [0.2, 0.25) is 5.91 Å². The summed E-state index contributed by atoms with van der Waals surface area (Å²) in [4.78, 5) is 11.4. The Hall–Kier alpha value is -1.66. The minimum Gasteiger partial charge on any atom is -0.508 e. The van der Waals surface area contributed by atoms with Crippen LogP contribution >= 0.6 is 0 Å². The highest BCUT2D eigenvalue weighted by molar-refractivity contribution is 5.78. The molecule has 1 aromatic rings. The molecular weight excluding hydrogens is 251 g/mol. The van der Waals surface area contributed by atoms with Crippen LogP contribution in [0.25, 0.3) is 0 Å². The largest absolute Gasteiger partial charge is 0.508 e. The summed E-state index contributed by atoms with van der Waals surface area (Å²) in [6.45, 7) is 2.73. The summed E-state index contributed by atoms with van der Waals surface area (Å²) in [5.41, 5.74) is 0.405. The molecule has 0 aromatic heterocycles. The van der Waals surface area contributed by atoms with Crippen molar-refractivity contribution < 1.29 is 19.0 Å². The SMILES string of the molecule is COCCNC(=O)CNC(C)c1ccc(O)cc1F. The van der Waals surface area contributed by atoms with Crippen LogP contribution in [0.4, 0.5) is 4.39 Å². The van der Waals surface area contributed by atoms with Crippen molar-refractivity contribution in [1.29, 1.82) is 0 Å². The average Bonchev–Trinajstić information content (AvgIpc) is 2.36. The lowest BCUT2D eigenvalue weighted by atomic mass is 10.1. The number of phenols is 1. The summed E-state index contributed by atoms with van der Waals surface area (Å²) in [6.07, 6.45) is 0. The number of hydrogen-bond acceptors (Lipinski definition) is 4. The number of carbonyl (C=O) groups excluding carboxylic acids is 1. The maximum Gasteiger partial charge on any atom is 0.234 e. The first kappa shape index (κ1) is 15.4. The maximum atomic E-state index is 13.6. The number of aromatic hydroxyl groups is 1. The Morgan fingerprint density at radius 1 is 1.53 bits per heavy atom. The van der Waals surface area contributed by atoms with Crippen LogP contribution in [0.5, 0.6) is 5.75 Å². The average molecular weight is 270 g/mol. The highest BCUT2D eigenvalue weighted by Gasteiger charge is 2.12. The van der Waals surface area contributed by atoms with E-state index in [-0.39, 0.29) is 24.2 Å². The molecule has 0 heterocycles. The van der Waals surface area contributed by atoms with Gasteiger partial charge in [0.25, 0.3) is 0 Å². The molecule has 3 N–H and O–H groups in total. The van der Waals surface area contributed by atoms with Gasteiger partial charge in [-0.25, -0.2) is 4.39 Å². The number of benzene rings is 1. The van der Waals surface area contributed by atoms with Crippen LogP contribution in [0.3, 0.4) is 0 Å². The zero-order valence-corrected chi connectivity index (χ0v) is 11.1. The van der Waals surface area contributed by atoms with Gasteiger partial charge >= 0.3 is 0 Å². The monoisotopic (exact) mass is 270 g/mol. The Morgan fingerprint density at radius 2 is 2.26 bits per heavy atom. The van der Waals surface area contributed by atoms with Gasteiger partial charge < -0.3 is 20.5 Å². The van der Waals surface area contributed by atoms with Crippen molar-refractivity contribution >= 4 is 5.91 Å². The number of ether oxygens (including phenoxy) is 1. The third kappa shape index (κ3) is 5.23. The predicted molar refractivity (Wildman–Crippen MR) is 69.4 cm³/mol. The Morgan fingerprint density at radius 3 is 2.89 bits per heavy atom. The van der Waals surface area contributed by atoms with Gasteiger partial charge in [0.1, 0.15) is 11.6 Å². The third-order valence-corrected chi connectivity index (χ3v) is 2.65. The second kappa shape index (κ2) is 7.70. The minimum absolute atomic E-state index is 0.0885. The number of rotatable bonds is 7. The minimum atomic E-state index is -0.500. The molecule has 106 valence electrons. The van der Waals surface area contributed by atoms with Crippen molar-refractivity contribution in [1.82, 2.24) is 10.6 Å². The maximum absolute atomic E-state index is 13.6. The van der Waals surface area contributed by atoms with Crippen molar-refractivity contribution in [3.8, 4) is 5.75 Å². The Kier molecular flexibility index (Phi) is 6.24. The Labute approximate surface area is 111 Å². The second-order valence-corrected chi connectivity index (χ2v) is 4.15. The van der Waals surface area contributed by atoms with Gasteiger partial charge in [-0.15, -0.1) is 0 Å². The molecule has 1 atom stereocenters. The number of nitrogens with one attached hydrogen (secondary N) is 2. The van der Waals surface area contributed by atoms with Gasteiger partial charge in [-0.2, -0.15) is 0 Å². The normalized spacial score (nSPS) is 12.2. The van der Waals surface area contributed by atoms with E-state index < -0.39 is 5.82 Å². The number of carbonyl (C=O) groups is 1. The Balaban J connectivity index is 2.42. The second-order valence-electron chi connectivity index (χ2n) is 4.15. The van der Waals surface area contributed by atoms with Gasteiger partial charge in [-0.05, 0) is 13.0 Å². The zero-order valence-electron chi connectivity index (χ0n) is 11.1. The van der Waals surface area contributed by atoms with Crippen molar-refractivity contribution in [2.24, 2.45) is 0 Å². The van der Waals surface area contributed by atoms with Crippen LogP contribution in [0.1, 0.15) is 18.5 Å². The zero-order chi connectivity index (χ0) is 14.3. The van der Waals surface area contributed by atoms with Gasteiger partial charge in [0, 0.05) is 31.3 Å². The number of hydrogen-bond donors (Lipinski definition) is 3. The van der Waals surface area contributed by atoms with Crippen molar-refractivity contribution in [2.75, 3.05) is 26.8 Å². The number of amides is 1. The van der Waals surface area contributed by atoms with Gasteiger partial charge in [-0.1, -0.05) is 6.07 Å². The van der Waals surface area contributed by atoms with Crippen LogP contribution in [-0.2, 0) is 9.53 Å². The molecule has 6 heteroatoms. The Bertz CT molecular complexity index is 426. The first-order valence-corrected chi connectivity index (χ1v) is 6.02. The van der Waals surface area contributed by atoms with Crippen molar-refractivity contribution in [3.05, 3.63) is 29.6 Å². The fraction of sp³-hybridized carbons (Fsp3) is 0.462. The van der Waals surface area contributed by atoms with Gasteiger partial charge in [0.15, 0.2) is 0 Å². The molecule has 0 aliphatic carbocycles. The molecule has 0 saturated heterocycles. The summed E-state index contributed by atoms with van der Waals surface area (Å²) in [6, 6.07) is 3.63. The highest BCUT2D eigenvalue weighted by atomic mass is 19.1. The number of methoxy groups -OCH3 is 1. The molecule has 0 saturated carbocycles. The molecule has 5 nitrogen and oxygen atoms in total. The fourth-order valence-electron chi connectivity index (χ4n) is 1.58. The molecule has 0 bridgehead atoms. The van der Waals surface area contributed by atoms with E-state index in [1.54, 1.807) is 14.0 Å². The topological polar surface area (TPSA) is 70.6 Å². The molecule has 19 heavy (non-hydrogen) atoms. The third-order valence-electron chi connectivity index (χ3n) is 2.65. The van der Waals surface area contributed by atoms with Crippen LogP contribution in [0.2, 0.25) is 0 Å². The van der Waals surface area contributed by atoms with E-state index in [1.807, 2.05) is 0 Å². The van der Waals surface area contributed by atoms with Gasteiger partial charge in [0.05, 0.1) is 13.2 Å². The summed E-state index contributed by atoms with van der Waals surface area (Å²) in [5, 5.41) is 14.7. The molecule has 1 rings (SSSR count). The van der Waals surface area contributed by atoms with Crippen molar-refractivity contribution in [3.63, 3.8) is 0 Å². The molecule has 0 fully saturated rings. The van der Waals surface area contributed by atoms with E-state index in [9.17, 15) is 9.18 Å².